The standard InChI is InChI=1S/C25H29ClN4O3S/c1-16-9-17(2)11-23(10-16)30-19(4)12-21(20(30)5)14-27-28-25(31)15-29(34(6,32)33)24-13-22(26)8-7-18(24)3/h7-14H,15H2,1-6H3,(H,28,31)/b27-14-. The molecule has 1 aromatic heterocycles. The molecular weight excluding hydrogens is 472 g/mol. The highest BCUT2D eigenvalue weighted by Crippen LogP contribution is 2.26. The lowest BCUT2D eigenvalue weighted by Gasteiger charge is -2.23. The Morgan fingerprint density at radius 1 is 1.06 bits per heavy atom. The van der Waals surface area contributed by atoms with Crippen LogP contribution in [0.5, 0.6) is 0 Å². The highest BCUT2D eigenvalue weighted by molar-refractivity contribution is 7.92. The van der Waals surface area contributed by atoms with Crippen LogP contribution < -0.4 is 9.73 Å². The lowest BCUT2D eigenvalue weighted by molar-refractivity contribution is -0.119. The number of benzene rings is 2. The Bertz CT molecular complexity index is 1360. The molecule has 0 bridgehead atoms. The summed E-state index contributed by atoms with van der Waals surface area (Å²) in [7, 11) is -3.72. The highest BCUT2D eigenvalue weighted by atomic mass is 35.5. The Balaban J connectivity index is 1.79. The number of aryl methyl sites for hydroxylation is 4. The van der Waals surface area contributed by atoms with Crippen LogP contribution in [0.4, 0.5) is 5.69 Å². The average Bonchev–Trinajstić information content (AvgIpc) is 3.00. The number of nitrogens with one attached hydrogen (secondary N) is 1. The van der Waals surface area contributed by atoms with E-state index >= 15 is 0 Å². The lowest BCUT2D eigenvalue weighted by Crippen LogP contribution is -2.39. The van der Waals surface area contributed by atoms with Crippen molar-refractivity contribution < 1.29 is 13.2 Å². The van der Waals surface area contributed by atoms with Gasteiger partial charge >= 0.3 is 0 Å². The molecule has 0 aliphatic heterocycles. The molecule has 7 nitrogen and oxygen atoms in total. The molecule has 0 spiro atoms. The molecular formula is C25H29ClN4O3S. The van der Waals surface area contributed by atoms with Gasteiger partial charge in [0.1, 0.15) is 6.54 Å². The van der Waals surface area contributed by atoms with Gasteiger partial charge in [-0.1, -0.05) is 23.7 Å². The van der Waals surface area contributed by atoms with Crippen LogP contribution in [0.25, 0.3) is 5.69 Å². The number of carbonyl (C=O) groups excluding carboxylic acids is 1. The summed E-state index contributed by atoms with van der Waals surface area (Å²) in [5, 5.41) is 4.45. The Hall–Kier alpha value is -3.10. The first-order valence-corrected chi connectivity index (χ1v) is 12.9. The van der Waals surface area contributed by atoms with Crippen LogP contribution in [0.2, 0.25) is 5.02 Å². The van der Waals surface area contributed by atoms with Crippen molar-refractivity contribution in [3.8, 4) is 5.69 Å². The SMILES string of the molecule is Cc1cc(C)cc(-n2c(C)cc(/C=N\NC(=O)CN(c3cc(Cl)ccc3C)S(C)(=O)=O)c2C)c1. The molecule has 0 fully saturated rings. The molecule has 0 unspecified atom stereocenters. The van der Waals surface area contributed by atoms with E-state index in [0.717, 1.165) is 33.2 Å². The number of aromatic nitrogens is 1. The number of hydrogen-bond acceptors (Lipinski definition) is 4. The molecule has 3 aromatic rings. The van der Waals surface area contributed by atoms with E-state index in [1.54, 1.807) is 25.3 Å². The number of hydrazone groups is 1. The van der Waals surface area contributed by atoms with Crippen LogP contribution in [0.3, 0.4) is 0 Å². The molecule has 1 heterocycles. The third kappa shape index (κ3) is 5.87. The third-order valence-electron chi connectivity index (χ3n) is 5.46. The first-order valence-electron chi connectivity index (χ1n) is 10.7. The smallest absolute Gasteiger partial charge is 0.260 e. The number of anilines is 1. The second-order valence-electron chi connectivity index (χ2n) is 8.50. The van der Waals surface area contributed by atoms with E-state index in [1.165, 1.54) is 17.2 Å². The number of nitrogens with zero attached hydrogens (tertiary/aromatic N) is 3. The molecule has 0 atom stereocenters. The van der Waals surface area contributed by atoms with Gasteiger partial charge in [0.2, 0.25) is 10.0 Å². The van der Waals surface area contributed by atoms with Crippen LogP contribution in [-0.2, 0) is 14.8 Å². The maximum atomic E-state index is 12.5. The third-order valence-corrected chi connectivity index (χ3v) is 6.82. The van der Waals surface area contributed by atoms with Crippen molar-refractivity contribution in [1.29, 1.82) is 0 Å². The van der Waals surface area contributed by atoms with Crippen LogP contribution in [0.1, 0.15) is 33.6 Å². The molecule has 0 saturated carbocycles. The molecule has 1 N–H and O–H groups in total. The van der Waals surface area contributed by atoms with E-state index in [9.17, 15) is 13.2 Å². The van der Waals surface area contributed by atoms with Crippen LogP contribution in [-0.4, -0.2) is 37.9 Å². The van der Waals surface area contributed by atoms with Gasteiger partial charge in [0.15, 0.2) is 0 Å². The molecule has 1 amide bonds. The van der Waals surface area contributed by atoms with Gasteiger partial charge in [-0.25, -0.2) is 13.8 Å². The van der Waals surface area contributed by atoms with E-state index < -0.39 is 22.5 Å². The Morgan fingerprint density at radius 2 is 1.71 bits per heavy atom. The van der Waals surface area contributed by atoms with Gasteiger partial charge in [0, 0.05) is 27.7 Å². The van der Waals surface area contributed by atoms with Crippen molar-refractivity contribution in [2.45, 2.75) is 34.6 Å². The summed E-state index contributed by atoms with van der Waals surface area (Å²) in [6, 6.07) is 13.2. The van der Waals surface area contributed by atoms with Gasteiger partial charge in [-0.05, 0) is 81.6 Å². The van der Waals surface area contributed by atoms with Gasteiger partial charge < -0.3 is 4.57 Å². The predicted molar refractivity (Wildman–Crippen MR) is 139 cm³/mol. The Morgan fingerprint density at radius 3 is 2.32 bits per heavy atom. The van der Waals surface area contributed by atoms with E-state index in [4.69, 9.17) is 11.6 Å². The second kappa shape index (κ2) is 10.0. The van der Waals surface area contributed by atoms with Crippen molar-refractivity contribution in [2.24, 2.45) is 5.10 Å². The Labute approximate surface area is 206 Å². The fraction of sp³-hybridized carbons (Fsp3) is 0.280. The molecule has 0 radical (unpaired) electrons. The predicted octanol–water partition coefficient (Wildman–Crippen LogP) is 4.59. The minimum absolute atomic E-state index is 0.353. The number of halogens is 1. The van der Waals surface area contributed by atoms with E-state index in [1.807, 2.05) is 19.9 Å². The molecule has 3 rings (SSSR count). The maximum absolute atomic E-state index is 12.5. The van der Waals surface area contributed by atoms with Gasteiger partial charge in [0.05, 0.1) is 18.2 Å². The van der Waals surface area contributed by atoms with Gasteiger partial charge in [-0.3, -0.25) is 9.10 Å². The number of sulfonamides is 1. The minimum atomic E-state index is -3.72. The quantitative estimate of drug-likeness (QED) is 0.380. The molecule has 0 aliphatic carbocycles. The van der Waals surface area contributed by atoms with E-state index in [2.05, 4.69) is 47.1 Å². The fourth-order valence-electron chi connectivity index (χ4n) is 3.97. The van der Waals surface area contributed by atoms with E-state index in [-0.39, 0.29) is 0 Å². The summed E-state index contributed by atoms with van der Waals surface area (Å²) in [6.07, 6.45) is 2.61. The van der Waals surface area contributed by atoms with Crippen LogP contribution >= 0.6 is 11.6 Å². The summed E-state index contributed by atoms with van der Waals surface area (Å²) in [5.41, 5.74) is 9.76. The van der Waals surface area contributed by atoms with Crippen molar-refractivity contribution in [3.63, 3.8) is 0 Å². The van der Waals surface area contributed by atoms with Crippen LogP contribution in [0, 0.1) is 34.6 Å². The van der Waals surface area contributed by atoms with Gasteiger partial charge in [-0.2, -0.15) is 5.10 Å². The number of carbonyl (C=O) groups is 1. The van der Waals surface area contributed by atoms with Crippen molar-refractivity contribution in [2.75, 3.05) is 17.1 Å². The first-order chi connectivity index (χ1) is 15.9. The zero-order chi connectivity index (χ0) is 25.2. The minimum Gasteiger partial charge on any atom is -0.318 e. The summed E-state index contributed by atoms with van der Waals surface area (Å²) < 4.78 is 27.9. The highest BCUT2D eigenvalue weighted by Gasteiger charge is 2.22. The number of hydrogen-bond donors (Lipinski definition) is 1. The number of rotatable bonds is 7. The maximum Gasteiger partial charge on any atom is 0.260 e. The summed E-state index contributed by atoms with van der Waals surface area (Å²) in [5.74, 6) is -0.566. The average molecular weight is 501 g/mol. The summed E-state index contributed by atoms with van der Waals surface area (Å²) in [6.45, 7) is 9.46. The first kappa shape index (κ1) is 25.5. The lowest BCUT2D eigenvalue weighted by atomic mass is 10.1. The second-order valence-corrected chi connectivity index (χ2v) is 10.8. The molecule has 0 aliphatic rings. The monoisotopic (exact) mass is 500 g/mol. The Kier molecular flexibility index (Phi) is 7.53. The topological polar surface area (TPSA) is 83.8 Å². The fourth-order valence-corrected chi connectivity index (χ4v) is 5.04. The molecule has 2 aromatic carbocycles. The van der Waals surface area contributed by atoms with Crippen LogP contribution in [0.15, 0.2) is 47.6 Å². The molecule has 34 heavy (non-hydrogen) atoms. The molecule has 0 saturated heterocycles. The molecule has 180 valence electrons. The zero-order valence-corrected chi connectivity index (χ0v) is 21.8. The summed E-state index contributed by atoms with van der Waals surface area (Å²) in [4.78, 5) is 12.5. The van der Waals surface area contributed by atoms with Crippen molar-refractivity contribution >= 4 is 39.4 Å². The van der Waals surface area contributed by atoms with Gasteiger partial charge in [-0.15, -0.1) is 0 Å². The normalized spacial score (nSPS) is 11.7. The van der Waals surface area contributed by atoms with Gasteiger partial charge in [0.25, 0.3) is 5.91 Å². The molecule has 9 heteroatoms. The number of amides is 1. The van der Waals surface area contributed by atoms with E-state index in [0.29, 0.717) is 16.3 Å². The van der Waals surface area contributed by atoms with Crippen molar-refractivity contribution in [3.05, 3.63) is 81.1 Å². The largest absolute Gasteiger partial charge is 0.318 e. The van der Waals surface area contributed by atoms with Crippen molar-refractivity contribution in [1.82, 2.24) is 9.99 Å². The summed E-state index contributed by atoms with van der Waals surface area (Å²) >= 11 is 6.04. The zero-order valence-electron chi connectivity index (χ0n) is 20.2.